The third-order valence-electron chi connectivity index (χ3n) is 2.94. The Bertz CT molecular complexity index is 926. The zero-order valence-electron chi connectivity index (χ0n) is 11.5. The van der Waals surface area contributed by atoms with Crippen LogP contribution in [0.4, 0.5) is 14.5 Å². The lowest BCUT2D eigenvalue weighted by Crippen LogP contribution is -2.13. The molecule has 0 radical (unpaired) electrons. The molecule has 9 heteroatoms. The quantitative estimate of drug-likeness (QED) is 0.793. The van der Waals surface area contributed by atoms with Gasteiger partial charge < -0.3 is 0 Å². The van der Waals surface area contributed by atoms with Crippen LogP contribution in [0, 0.1) is 11.6 Å². The van der Waals surface area contributed by atoms with Crippen LogP contribution in [0.25, 0.3) is 5.82 Å². The largest absolute Gasteiger partial charge is 0.278 e. The topological polar surface area (TPSA) is 76.9 Å². The van der Waals surface area contributed by atoms with Gasteiger partial charge in [0.2, 0.25) is 0 Å². The number of hydrogen-bond donors (Lipinski definition) is 1. The minimum atomic E-state index is -4.04. The van der Waals surface area contributed by atoms with E-state index in [2.05, 4.69) is 14.8 Å². The highest BCUT2D eigenvalue weighted by atomic mass is 32.2. The number of nitrogens with zero attached hydrogens (tertiary/aromatic N) is 3. The van der Waals surface area contributed by atoms with Crippen molar-refractivity contribution in [2.75, 3.05) is 4.72 Å². The minimum Gasteiger partial charge on any atom is -0.278 e. The molecule has 0 bridgehead atoms. The zero-order valence-corrected chi connectivity index (χ0v) is 12.3. The van der Waals surface area contributed by atoms with Crippen molar-refractivity contribution in [2.45, 2.75) is 4.90 Å². The van der Waals surface area contributed by atoms with E-state index in [4.69, 9.17) is 0 Å². The molecule has 1 aromatic carbocycles. The molecule has 3 aromatic rings. The number of pyridine rings is 1. The van der Waals surface area contributed by atoms with Crippen molar-refractivity contribution >= 4 is 15.7 Å². The van der Waals surface area contributed by atoms with E-state index in [1.807, 2.05) is 0 Å². The van der Waals surface area contributed by atoms with Gasteiger partial charge in [-0.15, -0.1) is 0 Å². The smallest absolute Gasteiger partial charge is 0.262 e. The summed E-state index contributed by atoms with van der Waals surface area (Å²) >= 11 is 0. The summed E-state index contributed by atoms with van der Waals surface area (Å²) < 4.78 is 54.1. The van der Waals surface area contributed by atoms with Gasteiger partial charge in [-0.25, -0.2) is 26.9 Å². The van der Waals surface area contributed by atoms with E-state index in [1.165, 1.54) is 16.9 Å². The molecule has 1 N–H and O–H groups in total. The Balaban J connectivity index is 1.84. The van der Waals surface area contributed by atoms with Crippen molar-refractivity contribution in [3.05, 3.63) is 66.6 Å². The Morgan fingerprint density at radius 2 is 1.91 bits per heavy atom. The number of aromatic nitrogens is 3. The Kier molecular flexibility index (Phi) is 3.78. The minimum absolute atomic E-state index is 0.186. The predicted octanol–water partition coefficient (Wildman–Crippen LogP) is 2.35. The van der Waals surface area contributed by atoms with Crippen LogP contribution in [-0.2, 0) is 10.0 Å². The Morgan fingerprint density at radius 1 is 1.09 bits per heavy atom. The lowest BCUT2D eigenvalue weighted by molar-refractivity contribution is 0.504. The summed E-state index contributed by atoms with van der Waals surface area (Å²) in [5.74, 6) is -1.85. The van der Waals surface area contributed by atoms with E-state index in [1.54, 1.807) is 24.5 Å². The summed E-state index contributed by atoms with van der Waals surface area (Å²) in [6.45, 7) is 0. The number of benzene rings is 1. The summed E-state index contributed by atoms with van der Waals surface area (Å²) in [6, 6.07) is 7.12. The van der Waals surface area contributed by atoms with Crippen LogP contribution in [-0.4, -0.2) is 23.2 Å². The standard InChI is InChI=1S/C14H10F2N4O2S/c15-12-4-3-11(8-13(12)16)23(21,22)19-10-2-5-14(17-9-10)20-7-1-6-18-20/h1-9,19H. The average Bonchev–Trinajstić information content (AvgIpc) is 3.04. The van der Waals surface area contributed by atoms with Crippen LogP contribution in [0.1, 0.15) is 0 Å². The van der Waals surface area contributed by atoms with Gasteiger partial charge in [0, 0.05) is 12.4 Å². The number of anilines is 1. The van der Waals surface area contributed by atoms with Gasteiger partial charge in [0.25, 0.3) is 10.0 Å². The molecule has 0 aliphatic rings. The molecule has 3 rings (SSSR count). The maximum Gasteiger partial charge on any atom is 0.262 e. The van der Waals surface area contributed by atoms with Crippen LogP contribution in [0.5, 0.6) is 0 Å². The van der Waals surface area contributed by atoms with Gasteiger partial charge in [-0.1, -0.05) is 0 Å². The van der Waals surface area contributed by atoms with Gasteiger partial charge in [0.1, 0.15) is 0 Å². The fraction of sp³-hybridized carbons (Fsp3) is 0. The van der Waals surface area contributed by atoms with Crippen LogP contribution in [0.15, 0.2) is 59.9 Å². The molecular formula is C14H10F2N4O2S. The van der Waals surface area contributed by atoms with Crippen LogP contribution in [0.3, 0.4) is 0 Å². The molecule has 2 aromatic heterocycles. The lowest BCUT2D eigenvalue weighted by Gasteiger charge is -2.08. The molecule has 0 saturated carbocycles. The van der Waals surface area contributed by atoms with Gasteiger partial charge in [-0.3, -0.25) is 4.72 Å². The van der Waals surface area contributed by atoms with E-state index >= 15 is 0 Å². The maximum absolute atomic E-state index is 13.2. The first-order chi connectivity index (χ1) is 11.0. The SMILES string of the molecule is O=S(=O)(Nc1ccc(-n2cccn2)nc1)c1ccc(F)c(F)c1. The van der Waals surface area contributed by atoms with Crippen molar-refractivity contribution in [3.63, 3.8) is 0 Å². The van der Waals surface area contributed by atoms with Crippen molar-refractivity contribution in [2.24, 2.45) is 0 Å². The molecule has 0 amide bonds. The third-order valence-corrected chi connectivity index (χ3v) is 4.32. The van der Waals surface area contributed by atoms with Crippen LogP contribution >= 0.6 is 0 Å². The molecular weight excluding hydrogens is 326 g/mol. The molecule has 118 valence electrons. The second-order valence-electron chi connectivity index (χ2n) is 4.54. The normalized spacial score (nSPS) is 11.4. The molecule has 0 spiro atoms. The fourth-order valence-corrected chi connectivity index (χ4v) is 2.90. The van der Waals surface area contributed by atoms with Gasteiger partial charge in [-0.2, -0.15) is 5.10 Å². The second-order valence-corrected chi connectivity index (χ2v) is 6.22. The highest BCUT2D eigenvalue weighted by Gasteiger charge is 2.17. The lowest BCUT2D eigenvalue weighted by atomic mass is 10.3. The number of halogens is 2. The van der Waals surface area contributed by atoms with Crippen LogP contribution < -0.4 is 4.72 Å². The van der Waals surface area contributed by atoms with Gasteiger partial charge in [-0.05, 0) is 36.4 Å². The van der Waals surface area contributed by atoms with Crippen molar-refractivity contribution in [1.82, 2.24) is 14.8 Å². The van der Waals surface area contributed by atoms with Crippen molar-refractivity contribution < 1.29 is 17.2 Å². The summed E-state index contributed by atoms with van der Waals surface area (Å²) in [4.78, 5) is 3.69. The van der Waals surface area contributed by atoms with E-state index in [0.717, 1.165) is 12.1 Å². The van der Waals surface area contributed by atoms with Gasteiger partial charge >= 0.3 is 0 Å². The highest BCUT2D eigenvalue weighted by Crippen LogP contribution is 2.18. The summed E-state index contributed by atoms with van der Waals surface area (Å²) in [6.07, 6.45) is 4.57. The van der Waals surface area contributed by atoms with Gasteiger partial charge in [0.05, 0.1) is 16.8 Å². The molecule has 0 saturated heterocycles. The molecule has 0 fully saturated rings. The fourth-order valence-electron chi connectivity index (χ4n) is 1.84. The first-order valence-electron chi connectivity index (χ1n) is 6.40. The number of hydrogen-bond acceptors (Lipinski definition) is 4. The molecule has 6 nitrogen and oxygen atoms in total. The molecule has 0 aliphatic carbocycles. The number of rotatable bonds is 4. The molecule has 0 unspecified atom stereocenters. The highest BCUT2D eigenvalue weighted by molar-refractivity contribution is 7.92. The van der Waals surface area contributed by atoms with Gasteiger partial charge in [0.15, 0.2) is 17.5 Å². The number of nitrogens with one attached hydrogen (secondary N) is 1. The first-order valence-corrected chi connectivity index (χ1v) is 7.88. The molecule has 2 heterocycles. The monoisotopic (exact) mass is 336 g/mol. The average molecular weight is 336 g/mol. The van der Waals surface area contributed by atoms with E-state index in [9.17, 15) is 17.2 Å². The second kappa shape index (κ2) is 5.76. The Morgan fingerprint density at radius 3 is 2.52 bits per heavy atom. The molecule has 23 heavy (non-hydrogen) atoms. The maximum atomic E-state index is 13.2. The van der Waals surface area contributed by atoms with E-state index in [-0.39, 0.29) is 10.6 Å². The summed E-state index contributed by atoms with van der Waals surface area (Å²) in [5.41, 5.74) is 0.186. The third kappa shape index (κ3) is 3.19. The zero-order chi connectivity index (χ0) is 16.4. The molecule has 0 atom stereocenters. The molecule has 0 aliphatic heterocycles. The van der Waals surface area contributed by atoms with Crippen molar-refractivity contribution in [3.8, 4) is 5.82 Å². The Hall–Kier alpha value is -2.81. The van der Waals surface area contributed by atoms with E-state index < -0.39 is 21.7 Å². The van der Waals surface area contributed by atoms with E-state index in [0.29, 0.717) is 11.9 Å². The first kappa shape index (κ1) is 15.1. The number of sulfonamides is 1. The summed E-state index contributed by atoms with van der Waals surface area (Å²) in [5, 5.41) is 3.99. The Labute approximate surface area is 130 Å². The van der Waals surface area contributed by atoms with Crippen molar-refractivity contribution in [1.29, 1.82) is 0 Å². The summed E-state index contributed by atoms with van der Waals surface area (Å²) in [7, 11) is -4.04. The van der Waals surface area contributed by atoms with Crippen LogP contribution in [0.2, 0.25) is 0 Å². The predicted molar refractivity (Wildman–Crippen MR) is 78.5 cm³/mol.